The van der Waals surface area contributed by atoms with Gasteiger partial charge in [-0.05, 0) is 44.7 Å². The lowest BCUT2D eigenvalue weighted by molar-refractivity contribution is 0.459. The number of nitrogens with zero attached hydrogens (tertiary/aromatic N) is 2. The van der Waals surface area contributed by atoms with Crippen LogP contribution in [-0.4, -0.2) is 16.3 Å². The monoisotopic (exact) mass is 207 g/mol. The Morgan fingerprint density at radius 1 is 1.60 bits per heavy atom. The number of aromatic nitrogens is 2. The second-order valence-corrected chi connectivity index (χ2v) is 4.57. The van der Waals surface area contributed by atoms with Crippen LogP contribution < -0.4 is 5.73 Å². The molecule has 1 heterocycles. The summed E-state index contributed by atoms with van der Waals surface area (Å²) in [7, 11) is 0. The Bertz CT molecular complexity index is 326. The van der Waals surface area contributed by atoms with Gasteiger partial charge in [0.1, 0.15) is 0 Å². The highest BCUT2D eigenvalue weighted by atomic mass is 15.3. The second kappa shape index (κ2) is 4.35. The first-order valence-corrected chi connectivity index (χ1v) is 6.04. The quantitative estimate of drug-likeness (QED) is 0.804. The lowest BCUT2D eigenvalue weighted by Gasteiger charge is -2.14. The Balaban J connectivity index is 2.29. The molecule has 1 aliphatic carbocycles. The Morgan fingerprint density at radius 3 is 2.87 bits per heavy atom. The molecule has 0 spiro atoms. The summed E-state index contributed by atoms with van der Waals surface area (Å²) < 4.78 is 2.22. The first-order chi connectivity index (χ1) is 7.27. The smallest absolute Gasteiger partial charge is 0.0525 e. The lowest BCUT2D eigenvalue weighted by atomic mass is 10.1. The summed E-state index contributed by atoms with van der Waals surface area (Å²) in [6, 6.07) is 0.520. The highest BCUT2D eigenvalue weighted by Gasteiger charge is 2.30. The van der Waals surface area contributed by atoms with Gasteiger partial charge in [-0.3, -0.25) is 4.68 Å². The van der Waals surface area contributed by atoms with E-state index >= 15 is 0 Å². The van der Waals surface area contributed by atoms with Crippen molar-refractivity contribution >= 4 is 0 Å². The predicted octanol–water partition coefficient (Wildman–Crippen LogP) is 2.23. The molecule has 1 aliphatic rings. The number of nitrogens with two attached hydrogens (primary N) is 1. The van der Waals surface area contributed by atoms with Gasteiger partial charge in [0, 0.05) is 17.7 Å². The third-order valence-electron chi connectivity index (χ3n) is 3.30. The third kappa shape index (κ3) is 2.07. The molecule has 0 saturated heterocycles. The Morgan fingerprint density at radius 2 is 2.33 bits per heavy atom. The minimum absolute atomic E-state index is 0.520. The van der Waals surface area contributed by atoms with Crippen molar-refractivity contribution in [3.8, 4) is 0 Å². The fraction of sp³-hybridized carbons (Fsp3) is 0.750. The maximum Gasteiger partial charge on any atom is 0.0525 e. The van der Waals surface area contributed by atoms with Crippen LogP contribution in [0.5, 0.6) is 0 Å². The summed E-state index contributed by atoms with van der Waals surface area (Å²) in [5.74, 6) is 0.767. The standard InChI is InChI=1S/C12H21N3/c1-3-9(2)15-12(10-4-5-10)11(6-7-13)8-14-15/h8-10H,3-7,13H2,1-2H3. The number of hydrogen-bond acceptors (Lipinski definition) is 2. The molecule has 3 heteroatoms. The summed E-state index contributed by atoms with van der Waals surface area (Å²) in [5, 5.41) is 4.53. The zero-order valence-electron chi connectivity index (χ0n) is 9.74. The van der Waals surface area contributed by atoms with E-state index in [1.165, 1.54) is 24.1 Å². The molecule has 1 atom stereocenters. The van der Waals surface area contributed by atoms with Crippen LogP contribution in [0, 0.1) is 0 Å². The number of hydrogen-bond donors (Lipinski definition) is 1. The van der Waals surface area contributed by atoms with E-state index in [4.69, 9.17) is 5.73 Å². The van der Waals surface area contributed by atoms with Crippen molar-refractivity contribution in [3.05, 3.63) is 17.5 Å². The molecular formula is C12H21N3. The first kappa shape index (κ1) is 10.7. The zero-order valence-corrected chi connectivity index (χ0v) is 9.74. The van der Waals surface area contributed by atoms with Crippen molar-refractivity contribution in [2.75, 3.05) is 6.54 Å². The summed E-state index contributed by atoms with van der Waals surface area (Å²) in [5.41, 5.74) is 8.47. The highest BCUT2D eigenvalue weighted by Crippen LogP contribution is 2.42. The van der Waals surface area contributed by atoms with Crippen molar-refractivity contribution in [3.63, 3.8) is 0 Å². The normalized spacial score (nSPS) is 18.1. The van der Waals surface area contributed by atoms with Crippen LogP contribution in [0.2, 0.25) is 0 Å². The van der Waals surface area contributed by atoms with Crippen LogP contribution >= 0.6 is 0 Å². The molecule has 15 heavy (non-hydrogen) atoms. The molecule has 1 saturated carbocycles. The van der Waals surface area contributed by atoms with Gasteiger partial charge in [-0.2, -0.15) is 5.10 Å². The molecule has 1 unspecified atom stereocenters. The molecule has 0 amide bonds. The van der Waals surface area contributed by atoms with Crippen molar-refractivity contribution in [2.45, 2.75) is 51.5 Å². The van der Waals surface area contributed by atoms with Crippen LogP contribution in [0.1, 0.15) is 56.3 Å². The van der Waals surface area contributed by atoms with E-state index in [1.807, 2.05) is 6.20 Å². The molecule has 0 radical (unpaired) electrons. The highest BCUT2D eigenvalue weighted by molar-refractivity contribution is 5.26. The Labute approximate surface area is 91.7 Å². The van der Waals surface area contributed by atoms with E-state index in [0.29, 0.717) is 6.04 Å². The van der Waals surface area contributed by atoms with Gasteiger partial charge >= 0.3 is 0 Å². The van der Waals surface area contributed by atoms with Gasteiger partial charge in [0.15, 0.2) is 0 Å². The summed E-state index contributed by atoms with van der Waals surface area (Å²) in [6.45, 7) is 5.18. The first-order valence-electron chi connectivity index (χ1n) is 6.04. The van der Waals surface area contributed by atoms with Gasteiger partial charge in [0.25, 0.3) is 0 Å². The van der Waals surface area contributed by atoms with Gasteiger partial charge in [0.2, 0.25) is 0 Å². The largest absolute Gasteiger partial charge is 0.330 e. The van der Waals surface area contributed by atoms with Crippen LogP contribution in [0.15, 0.2) is 6.20 Å². The van der Waals surface area contributed by atoms with E-state index in [-0.39, 0.29) is 0 Å². The maximum atomic E-state index is 5.63. The summed E-state index contributed by atoms with van der Waals surface area (Å²) in [6.07, 6.45) is 6.80. The molecule has 0 bridgehead atoms. The van der Waals surface area contributed by atoms with Crippen molar-refractivity contribution in [1.82, 2.24) is 9.78 Å². The molecule has 3 nitrogen and oxygen atoms in total. The minimum atomic E-state index is 0.520. The van der Waals surface area contributed by atoms with Gasteiger partial charge < -0.3 is 5.73 Å². The Kier molecular flexibility index (Phi) is 3.10. The van der Waals surface area contributed by atoms with E-state index < -0.39 is 0 Å². The molecular weight excluding hydrogens is 186 g/mol. The molecule has 2 rings (SSSR count). The third-order valence-corrected chi connectivity index (χ3v) is 3.30. The molecule has 84 valence electrons. The molecule has 0 aromatic carbocycles. The van der Waals surface area contributed by atoms with Crippen LogP contribution in [0.4, 0.5) is 0 Å². The average molecular weight is 207 g/mol. The fourth-order valence-corrected chi connectivity index (χ4v) is 2.09. The molecule has 0 aliphatic heterocycles. The summed E-state index contributed by atoms with van der Waals surface area (Å²) >= 11 is 0. The Hall–Kier alpha value is -0.830. The molecule has 1 aromatic rings. The van der Waals surface area contributed by atoms with E-state index in [9.17, 15) is 0 Å². The molecule has 2 N–H and O–H groups in total. The second-order valence-electron chi connectivity index (χ2n) is 4.57. The summed E-state index contributed by atoms with van der Waals surface area (Å²) in [4.78, 5) is 0. The van der Waals surface area contributed by atoms with Gasteiger partial charge in [-0.25, -0.2) is 0 Å². The van der Waals surface area contributed by atoms with Gasteiger partial charge in [0.05, 0.1) is 6.20 Å². The number of rotatable bonds is 5. The van der Waals surface area contributed by atoms with Crippen LogP contribution in [0.3, 0.4) is 0 Å². The van der Waals surface area contributed by atoms with Crippen molar-refractivity contribution < 1.29 is 0 Å². The molecule has 1 fully saturated rings. The molecule has 1 aromatic heterocycles. The predicted molar refractivity (Wildman–Crippen MR) is 62.0 cm³/mol. The van der Waals surface area contributed by atoms with E-state index in [1.54, 1.807) is 0 Å². The van der Waals surface area contributed by atoms with E-state index in [0.717, 1.165) is 25.3 Å². The SMILES string of the molecule is CCC(C)n1ncc(CCN)c1C1CC1. The van der Waals surface area contributed by atoms with Gasteiger partial charge in [-0.15, -0.1) is 0 Å². The topological polar surface area (TPSA) is 43.8 Å². The van der Waals surface area contributed by atoms with Crippen molar-refractivity contribution in [1.29, 1.82) is 0 Å². The van der Waals surface area contributed by atoms with Crippen LogP contribution in [-0.2, 0) is 6.42 Å². The zero-order chi connectivity index (χ0) is 10.8. The maximum absolute atomic E-state index is 5.63. The average Bonchev–Trinajstić information content (AvgIpc) is 3.00. The lowest BCUT2D eigenvalue weighted by Crippen LogP contribution is -2.11. The van der Waals surface area contributed by atoms with Crippen molar-refractivity contribution in [2.24, 2.45) is 5.73 Å². The fourth-order valence-electron chi connectivity index (χ4n) is 2.09. The van der Waals surface area contributed by atoms with Gasteiger partial charge in [-0.1, -0.05) is 6.92 Å². The van der Waals surface area contributed by atoms with E-state index in [2.05, 4.69) is 23.6 Å². The van der Waals surface area contributed by atoms with Crippen LogP contribution in [0.25, 0.3) is 0 Å². The minimum Gasteiger partial charge on any atom is -0.330 e.